The summed E-state index contributed by atoms with van der Waals surface area (Å²) in [7, 11) is 1.90. The van der Waals surface area contributed by atoms with E-state index >= 15 is 0 Å². The Labute approximate surface area is 104 Å². The van der Waals surface area contributed by atoms with Crippen molar-refractivity contribution < 1.29 is 9.84 Å². The Morgan fingerprint density at radius 1 is 1.62 bits per heavy atom. The molecule has 1 atom stereocenters. The van der Waals surface area contributed by atoms with E-state index < -0.39 is 5.60 Å². The van der Waals surface area contributed by atoms with Crippen LogP contribution >= 0.6 is 15.9 Å². The minimum atomic E-state index is -0.735. The van der Waals surface area contributed by atoms with E-state index in [1.807, 2.05) is 18.7 Å². The van der Waals surface area contributed by atoms with Crippen LogP contribution in [0.15, 0.2) is 4.47 Å². The molecule has 16 heavy (non-hydrogen) atoms. The van der Waals surface area contributed by atoms with Crippen molar-refractivity contribution in [3.05, 3.63) is 15.9 Å². The van der Waals surface area contributed by atoms with Crippen LogP contribution < -0.4 is 0 Å². The molecule has 5 heteroatoms. The summed E-state index contributed by atoms with van der Waals surface area (Å²) in [4.78, 5) is 0. The molecule has 2 heterocycles. The minimum absolute atomic E-state index is 0.420. The van der Waals surface area contributed by atoms with Crippen LogP contribution in [0.25, 0.3) is 0 Å². The molecule has 0 bridgehead atoms. The smallest absolute Gasteiger partial charge is 0.0936 e. The monoisotopic (exact) mass is 288 g/mol. The molecule has 1 N–H and O–H groups in total. The predicted octanol–water partition coefficient (Wildman–Crippen LogP) is 1.58. The van der Waals surface area contributed by atoms with Crippen LogP contribution in [-0.4, -0.2) is 33.7 Å². The lowest BCUT2D eigenvalue weighted by Crippen LogP contribution is -2.41. The van der Waals surface area contributed by atoms with Gasteiger partial charge in [-0.1, -0.05) is 0 Å². The van der Waals surface area contributed by atoms with E-state index in [0.29, 0.717) is 13.0 Å². The van der Waals surface area contributed by atoms with Gasteiger partial charge in [-0.15, -0.1) is 0 Å². The van der Waals surface area contributed by atoms with Gasteiger partial charge < -0.3 is 9.84 Å². The van der Waals surface area contributed by atoms with Gasteiger partial charge in [-0.25, -0.2) is 0 Å². The summed E-state index contributed by atoms with van der Waals surface area (Å²) in [6.07, 6.45) is 2.31. The number of ether oxygens (including phenoxy) is 1. The lowest BCUT2D eigenvalue weighted by molar-refractivity contribution is -0.0854. The number of aromatic nitrogens is 2. The summed E-state index contributed by atoms with van der Waals surface area (Å²) in [6.45, 7) is 3.13. The van der Waals surface area contributed by atoms with Crippen molar-refractivity contribution in [2.24, 2.45) is 7.05 Å². The van der Waals surface area contributed by atoms with Crippen LogP contribution in [0.5, 0.6) is 0 Å². The zero-order valence-electron chi connectivity index (χ0n) is 9.66. The highest BCUT2D eigenvalue weighted by Gasteiger charge is 2.32. The Balaban J connectivity index is 2.19. The third-order valence-electron chi connectivity index (χ3n) is 3.06. The minimum Gasteiger partial charge on any atom is -0.387 e. The van der Waals surface area contributed by atoms with Gasteiger partial charge in [-0.2, -0.15) is 5.10 Å². The standard InChI is InChI=1S/C11H17BrN2O2/c1-8-10(12)9(14(2)13-8)6-11(15)4-3-5-16-7-11/h15H,3-7H2,1-2H3. The molecule has 1 unspecified atom stereocenters. The third-order valence-corrected chi connectivity index (χ3v) is 4.09. The number of hydrogen-bond acceptors (Lipinski definition) is 3. The maximum atomic E-state index is 10.4. The molecule has 90 valence electrons. The molecule has 0 spiro atoms. The molecule has 1 saturated heterocycles. The zero-order valence-corrected chi connectivity index (χ0v) is 11.2. The topological polar surface area (TPSA) is 47.3 Å². The largest absolute Gasteiger partial charge is 0.387 e. The van der Waals surface area contributed by atoms with E-state index in [1.54, 1.807) is 0 Å². The number of aryl methyl sites for hydroxylation is 2. The Kier molecular flexibility index (Phi) is 3.37. The zero-order chi connectivity index (χ0) is 11.8. The van der Waals surface area contributed by atoms with Gasteiger partial charge >= 0.3 is 0 Å². The molecule has 1 aromatic heterocycles. The van der Waals surface area contributed by atoms with Crippen molar-refractivity contribution in [3.8, 4) is 0 Å². The number of aliphatic hydroxyl groups is 1. The molecule has 4 nitrogen and oxygen atoms in total. The van der Waals surface area contributed by atoms with Crippen LogP contribution in [0.4, 0.5) is 0 Å². The van der Waals surface area contributed by atoms with Crippen LogP contribution in [0.1, 0.15) is 24.2 Å². The van der Waals surface area contributed by atoms with Gasteiger partial charge in [0, 0.05) is 20.1 Å². The maximum Gasteiger partial charge on any atom is 0.0936 e. The van der Waals surface area contributed by atoms with E-state index in [9.17, 15) is 5.11 Å². The van der Waals surface area contributed by atoms with Crippen LogP contribution in [0.3, 0.4) is 0 Å². The van der Waals surface area contributed by atoms with E-state index in [-0.39, 0.29) is 0 Å². The van der Waals surface area contributed by atoms with Crippen molar-refractivity contribution >= 4 is 15.9 Å². The Morgan fingerprint density at radius 3 is 2.88 bits per heavy atom. The lowest BCUT2D eigenvalue weighted by atomic mass is 9.91. The van der Waals surface area contributed by atoms with Crippen molar-refractivity contribution in [2.45, 2.75) is 31.8 Å². The van der Waals surface area contributed by atoms with Gasteiger partial charge in [-0.05, 0) is 35.7 Å². The van der Waals surface area contributed by atoms with Crippen LogP contribution in [0.2, 0.25) is 0 Å². The average molecular weight is 289 g/mol. The maximum absolute atomic E-state index is 10.4. The highest BCUT2D eigenvalue weighted by molar-refractivity contribution is 9.10. The quantitative estimate of drug-likeness (QED) is 0.899. The average Bonchev–Trinajstić information content (AvgIpc) is 2.46. The van der Waals surface area contributed by atoms with E-state index in [4.69, 9.17) is 4.74 Å². The number of halogens is 1. The highest BCUT2D eigenvalue weighted by Crippen LogP contribution is 2.28. The first-order chi connectivity index (χ1) is 7.52. The summed E-state index contributed by atoms with van der Waals surface area (Å²) in [5.41, 5.74) is 1.25. The summed E-state index contributed by atoms with van der Waals surface area (Å²) < 4.78 is 8.17. The Bertz CT molecular complexity index is 384. The Morgan fingerprint density at radius 2 is 2.38 bits per heavy atom. The van der Waals surface area contributed by atoms with E-state index in [2.05, 4.69) is 21.0 Å². The first-order valence-electron chi connectivity index (χ1n) is 5.50. The first-order valence-corrected chi connectivity index (χ1v) is 6.29. The van der Waals surface area contributed by atoms with Gasteiger partial charge in [0.15, 0.2) is 0 Å². The first kappa shape index (κ1) is 12.1. The highest BCUT2D eigenvalue weighted by atomic mass is 79.9. The van der Waals surface area contributed by atoms with Gasteiger partial charge in [0.25, 0.3) is 0 Å². The lowest BCUT2D eigenvalue weighted by Gasteiger charge is -2.32. The number of nitrogens with zero attached hydrogens (tertiary/aromatic N) is 2. The SMILES string of the molecule is Cc1nn(C)c(CC2(O)CCCOC2)c1Br. The molecule has 1 aromatic rings. The fourth-order valence-corrected chi connectivity index (χ4v) is 2.64. The normalized spacial score (nSPS) is 26.0. The van der Waals surface area contributed by atoms with Gasteiger partial charge in [0.1, 0.15) is 0 Å². The fraction of sp³-hybridized carbons (Fsp3) is 0.727. The van der Waals surface area contributed by atoms with Crippen LogP contribution in [-0.2, 0) is 18.2 Å². The molecule has 0 aliphatic carbocycles. The summed E-state index contributed by atoms with van der Waals surface area (Å²) in [6, 6.07) is 0. The van der Waals surface area contributed by atoms with Crippen molar-refractivity contribution in [1.29, 1.82) is 0 Å². The molecule has 2 rings (SSSR count). The molecule has 0 aromatic carbocycles. The third kappa shape index (κ3) is 2.31. The second-order valence-corrected chi connectivity index (χ2v) is 5.32. The van der Waals surface area contributed by atoms with Gasteiger partial charge in [0.05, 0.1) is 28.1 Å². The molecule has 0 amide bonds. The second-order valence-electron chi connectivity index (χ2n) is 4.53. The summed E-state index contributed by atoms with van der Waals surface area (Å²) >= 11 is 3.52. The molecular formula is C11H17BrN2O2. The van der Waals surface area contributed by atoms with Crippen molar-refractivity contribution in [3.63, 3.8) is 0 Å². The van der Waals surface area contributed by atoms with Gasteiger partial charge in [0.2, 0.25) is 0 Å². The summed E-state index contributed by atoms with van der Waals surface area (Å²) in [5.74, 6) is 0. The molecule has 1 fully saturated rings. The van der Waals surface area contributed by atoms with E-state index in [1.165, 1.54) is 0 Å². The van der Waals surface area contributed by atoms with Crippen molar-refractivity contribution in [2.75, 3.05) is 13.2 Å². The van der Waals surface area contributed by atoms with Crippen molar-refractivity contribution in [1.82, 2.24) is 9.78 Å². The predicted molar refractivity (Wildman–Crippen MR) is 64.4 cm³/mol. The van der Waals surface area contributed by atoms with Crippen LogP contribution in [0, 0.1) is 6.92 Å². The van der Waals surface area contributed by atoms with Gasteiger partial charge in [-0.3, -0.25) is 4.68 Å². The van der Waals surface area contributed by atoms with E-state index in [0.717, 1.165) is 35.3 Å². The molecule has 1 aliphatic rings. The molecule has 0 saturated carbocycles. The number of hydrogen-bond donors (Lipinski definition) is 1. The fourth-order valence-electron chi connectivity index (χ4n) is 2.16. The molecule has 0 radical (unpaired) electrons. The number of rotatable bonds is 2. The Hall–Kier alpha value is -0.390. The molecule has 1 aliphatic heterocycles. The summed E-state index contributed by atoms with van der Waals surface area (Å²) in [5, 5.41) is 14.7. The second kappa shape index (κ2) is 4.47. The molecular weight excluding hydrogens is 272 g/mol.